The fourth-order valence-corrected chi connectivity index (χ4v) is 2.89. The molecule has 0 spiro atoms. The van der Waals surface area contributed by atoms with Crippen LogP contribution in [0.2, 0.25) is 0 Å². The third kappa shape index (κ3) is 5.31. The highest BCUT2D eigenvalue weighted by atomic mass is 32.2. The lowest BCUT2D eigenvalue weighted by atomic mass is 10.2. The predicted octanol–water partition coefficient (Wildman–Crippen LogP) is 3.34. The van der Waals surface area contributed by atoms with Crippen LogP contribution < -0.4 is 14.9 Å². The smallest absolute Gasteiger partial charge is 0.240 e. The third-order valence-electron chi connectivity index (χ3n) is 3.17. The van der Waals surface area contributed by atoms with Gasteiger partial charge in [-0.2, -0.15) is 5.10 Å². The topological polar surface area (TPSA) is 59.9 Å². The second kappa shape index (κ2) is 9.62. The number of methoxy groups -OCH3 is 2. The van der Waals surface area contributed by atoms with Crippen molar-refractivity contribution in [1.82, 2.24) is 5.43 Å². The van der Waals surface area contributed by atoms with Crippen molar-refractivity contribution in [2.24, 2.45) is 5.10 Å². The lowest BCUT2D eigenvalue weighted by Crippen LogP contribution is -2.17. The van der Waals surface area contributed by atoms with E-state index in [-0.39, 0.29) is 5.91 Å². The zero-order valence-corrected chi connectivity index (χ0v) is 14.5. The second-order valence-electron chi connectivity index (χ2n) is 4.79. The van der Waals surface area contributed by atoms with Crippen LogP contribution in [0.3, 0.4) is 0 Å². The lowest BCUT2D eigenvalue weighted by Gasteiger charge is -2.09. The third-order valence-corrected chi connectivity index (χ3v) is 4.18. The quantitative estimate of drug-likeness (QED) is 0.453. The molecule has 2 rings (SSSR count). The number of ether oxygens (including phenoxy) is 2. The van der Waals surface area contributed by atoms with Gasteiger partial charge >= 0.3 is 0 Å². The number of thioether (sulfide) groups is 1. The number of nitrogens with zero attached hydrogens (tertiary/aromatic N) is 1. The first kappa shape index (κ1) is 17.9. The van der Waals surface area contributed by atoms with Crippen molar-refractivity contribution in [1.29, 1.82) is 0 Å². The maximum Gasteiger partial charge on any atom is 0.240 e. The molecule has 1 amide bonds. The van der Waals surface area contributed by atoms with Crippen molar-refractivity contribution in [3.8, 4) is 11.5 Å². The van der Waals surface area contributed by atoms with E-state index in [0.29, 0.717) is 23.7 Å². The minimum atomic E-state index is -0.128. The van der Waals surface area contributed by atoms with Gasteiger partial charge in [0.15, 0.2) is 11.5 Å². The van der Waals surface area contributed by atoms with Gasteiger partial charge in [-0.1, -0.05) is 24.3 Å². The molecule has 0 radical (unpaired) electrons. The Labute approximate surface area is 146 Å². The van der Waals surface area contributed by atoms with E-state index in [0.717, 1.165) is 10.5 Å². The number of hydrogen-bond acceptors (Lipinski definition) is 5. The van der Waals surface area contributed by atoms with Gasteiger partial charge in [-0.25, -0.2) is 5.43 Å². The van der Waals surface area contributed by atoms with Crippen LogP contribution in [0.25, 0.3) is 0 Å². The van der Waals surface area contributed by atoms with Gasteiger partial charge in [0.2, 0.25) is 5.91 Å². The highest BCUT2D eigenvalue weighted by molar-refractivity contribution is 7.99. The van der Waals surface area contributed by atoms with Crippen molar-refractivity contribution in [3.05, 3.63) is 54.1 Å². The molecule has 0 aliphatic carbocycles. The Kier molecular flexibility index (Phi) is 7.17. The normalized spacial score (nSPS) is 10.6. The fourth-order valence-electron chi connectivity index (χ4n) is 2.02. The van der Waals surface area contributed by atoms with Crippen LogP contribution in [0.15, 0.2) is 58.5 Å². The largest absolute Gasteiger partial charge is 0.493 e. The molecule has 0 saturated heterocycles. The van der Waals surface area contributed by atoms with Crippen LogP contribution in [-0.4, -0.2) is 32.1 Å². The van der Waals surface area contributed by atoms with Gasteiger partial charge in [-0.05, 0) is 24.3 Å². The molecular weight excluding hydrogens is 324 g/mol. The Bertz CT molecular complexity index is 690. The van der Waals surface area contributed by atoms with Crippen molar-refractivity contribution in [2.75, 3.05) is 20.0 Å². The van der Waals surface area contributed by atoms with Crippen molar-refractivity contribution >= 4 is 23.9 Å². The van der Waals surface area contributed by atoms with Gasteiger partial charge in [0.25, 0.3) is 0 Å². The summed E-state index contributed by atoms with van der Waals surface area (Å²) in [5, 5.41) is 3.98. The first-order valence-electron chi connectivity index (χ1n) is 7.45. The Morgan fingerprint density at radius 1 is 1.12 bits per heavy atom. The molecule has 0 bridgehead atoms. The average molecular weight is 344 g/mol. The number of hydrazone groups is 1. The van der Waals surface area contributed by atoms with Gasteiger partial charge in [-0.3, -0.25) is 4.79 Å². The van der Waals surface area contributed by atoms with E-state index in [1.165, 1.54) is 0 Å². The monoisotopic (exact) mass is 344 g/mol. The summed E-state index contributed by atoms with van der Waals surface area (Å²) >= 11 is 1.64. The number of carbonyl (C=O) groups is 1. The molecule has 2 aromatic carbocycles. The molecule has 1 N–H and O–H groups in total. The van der Waals surface area contributed by atoms with E-state index < -0.39 is 0 Å². The van der Waals surface area contributed by atoms with Gasteiger partial charge in [0, 0.05) is 22.6 Å². The molecule has 0 fully saturated rings. The summed E-state index contributed by atoms with van der Waals surface area (Å²) in [6.07, 6.45) is 1.94. The Morgan fingerprint density at radius 3 is 2.62 bits per heavy atom. The number of para-hydroxylation sites is 1. The van der Waals surface area contributed by atoms with E-state index in [4.69, 9.17) is 9.47 Å². The second-order valence-corrected chi connectivity index (χ2v) is 5.96. The molecule has 126 valence electrons. The molecule has 0 aromatic heterocycles. The number of benzene rings is 2. The summed E-state index contributed by atoms with van der Waals surface area (Å²) in [6.45, 7) is 0. The summed E-state index contributed by atoms with van der Waals surface area (Å²) in [4.78, 5) is 13.0. The molecule has 6 heteroatoms. The van der Waals surface area contributed by atoms with Crippen molar-refractivity contribution < 1.29 is 14.3 Å². The first-order chi connectivity index (χ1) is 11.7. The molecule has 0 heterocycles. The van der Waals surface area contributed by atoms with Crippen molar-refractivity contribution in [2.45, 2.75) is 11.3 Å². The van der Waals surface area contributed by atoms with E-state index in [1.54, 1.807) is 38.3 Å². The number of hydrogen-bond donors (Lipinski definition) is 1. The maximum absolute atomic E-state index is 11.8. The highest BCUT2D eigenvalue weighted by Crippen LogP contribution is 2.29. The van der Waals surface area contributed by atoms with Gasteiger partial charge in [0.05, 0.1) is 20.4 Å². The summed E-state index contributed by atoms with van der Waals surface area (Å²) in [5.74, 6) is 1.77. The molecule has 0 unspecified atom stereocenters. The minimum absolute atomic E-state index is 0.128. The summed E-state index contributed by atoms with van der Waals surface area (Å²) in [6, 6.07) is 15.4. The zero-order chi connectivity index (χ0) is 17.2. The summed E-state index contributed by atoms with van der Waals surface area (Å²) in [7, 11) is 3.14. The number of nitrogens with one attached hydrogen (secondary N) is 1. The molecular formula is C18H20N2O3S. The highest BCUT2D eigenvalue weighted by Gasteiger charge is 2.07. The van der Waals surface area contributed by atoms with Gasteiger partial charge in [-0.15, -0.1) is 11.8 Å². The molecule has 5 nitrogen and oxygen atoms in total. The van der Waals surface area contributed by atoms with E-state index in [1.807, 2.05) is 42.5 Å². The SMILES string of the molecule is COc1cccc(/C=N\NC(=O)CCSc2ccccc2)c1OC. The van der Waals surface area contributed by atoms with Crippen LogP contribution in [0.5, 0.6) is 11.5 Å². The molecule has 0 saturated carbocycles. The Morgan fingerprint density at radius 2 is 1.92 bits per heavy atom. The Balaban J connectivity index is 1.82. The van der Waals surface area contributed by atoms with E-state index >= 15 is 0 Å². The maximum atomic E-state index is 11.8. The van der Waals surface area contributed by atoms with Crippen LogP contribution in [0.4, 0.5) is 0 Å². The number of carbonyl (C=O) groups excluding carboxylic acids is 1. The molecule has 24 heavy (non-hydrogen) atoms. The standard InChI is InChI=1S/C18H20N2O3S/c1-22-16-10-6-7-14(18(16)23-2)13-19-20-17(21)11-12-24-15-8-4-3-5-9-15/h3-10,13H,11-12H2,1-2H3,(H,20,21)/b19-13-. The van der Waals surface area contributed by atoms with Crippen LogP contribution in [0, 0.1) is 0 Å². The molecule has 0 atom stereocenters. The van der Waals surface area contributed by atoms with Crippen molar-refractivity contribution in [3.63, 3.8) is 0 Å². The van der Waals surface area contributed by atoms with Crippen LogP contribution in [-0.2, 0) is 4.79 Å². The van der Waals surface area contributed by atoms with Gasteiger partial charge < -0.3 is 9.47 Å². The van der Waals surface area contributed by atoms with E-state index in [2.05, 4.69) is 10.5 Å². The van der Waals surface area contributed by atoms with Crippen LogP contribution >= 0.6 is 11.8 Å². The fraction of sp³-hybridized carbons (Fsp3) is 0.222. The number of rotatable bonds is 8. The predicted molar refractivity (Wildman–Crippen MR) is 97.1 cm³/mol. The lowest BCUT2D eigenvalue weighted by molar-refractivity contribution is -0.120. The average Bonchev–Trinajstić information content (AvgIpc) is 2.62. The zero-order valence-electron chi connectivity index (χ0n) is 13.7. The van der Waals surface area contributed by atoms with Crippen LogP contribution in [0.1, 0.15) is 12.0 Å². The summed E-state index contributed by atoms with van der Waals surface area (Å²) in [5.41, 5.74) is 3.26. The number of amides is 1. The Hall–Kier alpha value is -2.47. The minimum Gasteiger partial charge on any atom is -0.493 e. The first-order valence-corrected chi connectivity index (χ1v) is 8.44. The molecule has 0 aliphatic heterocycles. The molecule has 2 aromatic rings. The van der Waals surface area contributed by atoms with E-state index in [9.17, 15) is 4.79 Å². The molecule has 0 aliphatic rings. The van der Waals surface area contributed by atoms with Gasteiger partial charge in [0.1, 0.15) is 0 Å². The summed E-state index contributed by atoms with van der Waals surface area (Å²) < 4.78 is 10.5.